The SMILES string of the molecule is O=C(O)c1cc(O)c(O)c(Oc2c(C(=O)OC3C(OC(=O)c4cc(O)c(Oc5c(C(=O)O)cc(O)c(O)c5O)c(O)c4)OC4COC(=O)c5cc(O)c(O)c(O)c5-c5c(cc(O)c(O)c5O)C(=O)OC4C3OC(=O)c3cc(O)c(O)c(O)c3)cc(O)c(O)c2O)c1. The topological polar surface area (TPSA) is 618 Å². The Balaban J connectivity index is 1.24. The van der Waals surface area contributed by atoms with Gasteiger partial charge in [0.2, 0.25) is 58.4 Å². The molecule has 0 aliphatic carbocycles. The van der Waals surface area contributed by atoms with Gasteiger partial charge < -0.3 is 145 Å². The number of phenols is 19. The maximum Gasteiger partial charge on any atom is 0.342 e. The van der Waals surface area contributed by atoms with E-state index in [-0.39, 0.29) is 6.07 Å². The molecule has 0 radical (unpaired) electrons. The highest BCUT2D eigenvalue weighted by molar-refractivity contribution is 6.08. The second-order valence-electron chi connectivity index (χ2n) is 19.0. The lowest BCUT2D eigenvalue weighted by Crippen LogP contribution is -2.63. The Morgan fingerprint density at radius 3 is 1.34 bits per heavy atom. The Bertz CT molecular complexity index is 4270. The minimum Gasteiger partial charge on any atom is -0.504 e. The Morgan fingerprint density at radius 2 is 0.813 bits per heavy atom. The van der Waals surface area contributed by atoms with E-state index in [2.05, 4.69) is 0 Å². The van der Waals surface area contributed by atoms with Crippen LogP contribution in [0.25, 0.3) is 11.1 Å². The van der Waals surface area contributed by atoms with Crippen LogP contribution in [-0.4, -0.2) is 186 Å². The standard InChI is InChI=1S/C55H38O36/c56-19-2-13(3-20(57)32(19)65)50(79)89-46-45-29(11-84-52(81)15-7-22(59)34(67)38(71)30(15)31-16(53(82)88-45)8-23(60)35(68)39(31)72)86-55(91-51(80)14-4-26(63)44(27(64)5-14)87-42-17(49(77)78)9-24(61)36(69)40(42)73)47(46)90-54(83)18-10-25(62)37(70)41(74)43(18)85-28-6-12(48(75)76)1-21(58)33(28)66/h1-10,29,45-47,55-74H,11H2,(H,75,76)(H,77,78). The summed E-state index contributed by atoms with van der Waals surface area (Å²) in [6, 6.07) is 3.78. The zero-order chi connectivity index (χ0) is 66.8. The van der Waals surface area contributed by atoms with Crippen LogP contribution in [0.5, 0.6) is 132 Å². The summed E-state index contributed by atoms with van der Waals surface area (Å²) in [5.74, 6) is -45.0. The fourth-order valence-corrected chi connectivity index (χ4v) is 8.92. The van der Waals surface area contributed by atoms with Gasteiger partial charge in [-0.2, -0.15) is 0 Å². The molecule has 2 aliphatic heterocycles. The van der Waals surface area contributed by atoms with Crippen molar-refractivity contribution in [1.29, 1.82) is 0 Å². The number of benzene rings is 7. The number of cyclic esters (lactones) is 1. The first-order valence-electron chi connectivity index (χ1n) is 24.7. The zero-order valence-corrected chi connectivity index (χ0v) is 44.4. The summed E-state index contributed by atoms with van der Waals surface area (Å²) >= 11 is 0. The molecule has 0 saturated carbocycles. The fraction of sp³-hybridized carbons (Fsp3) is 0.109. The Hall–Kier alpha value is -13.4. The smallest absolute Gasteiger partial charge is 0.342 e. The van der Waals surface area contributed by atoms with E-state index >= 15 is 0 Å². The summed E-state index contributed by atoms with van der Waals surface area (Å²) in [6.07, 6.45) is -13.9. The molecule has 5 atom stereocenters. The fourth-order valence-electron chi connectivity index (χ4n) is 8.92. The number of phenolic OH excluding ortho intramolecular Hbond substituents is 19. The number of aromatic carboxylic acids is 2. The molecule has 2 aliphatic rings. The van der Waals surface area contributed by atoms with Crippen LogP contribution in [0.15, 0.2) is 60.7 Å². The highest BCUT2D eigenvalue weighted by Gasteiger charge is 2.56. The van der Waals surface area contributed by atoms with Gasteiger partial charge in [-0.3, -0.25) is 0 Å². The average molecular weight is 1270 g/mol. The number of aromatic hydroxyl groups is 19. The summed E-state index contributed by atoms with van der Waals surface area (Å²) in [7, 11) is 0. The van der Waals surface area contributed by atoms with Gasteiger partial charge in [-0.25, -0.2) is 33.6 Å². The second kappa shape index (κ2) is 23.1. The number of fused-ring (bicyclic) bond motifs is 4. The van der Waals surface area contributed by atoms with Crippen LogP contribution >= 0.6 is 0 Å². The number of ether oxygens (including phenoxy) is 8. The van der Waals surface area contributed by atoms with E-state index in [1.807, 2.05) is 0 Å². The van der Waals surface area contributed by atoms with Crippen LogP contribution in [0.2, 0.25) is 0 Å². The van der Waals surface area contributed by atoms with Crippen molar-refractivity contribution >= 4 is 41.8 Å². The lowest BCUT2D eigenvalue weighted by molar-refractivity contribution is -0.282. The first kappa shape index (κ1) is 62.1. The van der Waals surface area contributed by atoms with Crippen molar-refractivity contribution in [2.45, 2.75) is 30.7 Å². The number of rotatable bonds is 12. The number of carbonyl (C=O) groups is 7. The third-order valence-electron chi connectivity index (χ3n) is 13.3. The van der Waals surface area contributed by atoms with E-state index in [1.165, 1.54) is 0 Å². The predicted octanol–water partition coefficient (Wildman–Crippen LogP) is 3.47. The monoisotopic (exact) mass is 1270 g/mol. The first-order chi connectivity index (χ1) is 42.7. The van der Waals surface area contributed by atoms with Gasteiger partial charge in [0.25, 0.3) is 0 Å². The summed E-state index contributed by atoms with van der Waals surface area (Å²) in [4.78, 5) is 96.7. The molecule has 474 valence electrons. The van der Waals surface area contributed by atoms with Crippen LogP contribution in [0.4, 0.5) is 0 Å². The number of carbonyl (C=O) groups excluding carboxylic acids is 5. The maximum absolute atomic E-state index is 14.9. The van der Waals surface area contributed by atoms with Gasteiger partial charge >= 0.3 is 41.8 Å². The van der Waals surface area contributed by atoms with Gasteiger partial charge in [-0.1, -0.05) is 0 Å². The molecule has 0 amide bonds. The van der Waals surface area contributed by atoms with Gasteiger partial charge in [0.1, 0.15) is 23.8 Å². The maximum atomic E-state index is 14.9. The lowest BCUT2D eigenvalue weighted by Gasteiger charge is -2.43. The van der Waals surface area contributed by atoms with Gasteiger partial charge in [-0.05, 0) is 48.5 Å². The van der Waals surface area contributed by atoms with Crippen LogP contribution in [-0.2, 0) is 28.4 Å². The number of carboxylic acid groups (broad SMARTS) is 2. The van der Waals surface area contributed by atoms with Gasteiger partial charge in [-0.15, -0.1) is 0 Å². The number of carboxylic acids is 2. The van der Waals surface area contributed by atoms with Crippen molar-refractivity contribution in [3.8, 4) is 143 Å². The van der Waals surface area contributed by atoms with E-state index < -0.39 is 261 Å². The van der Waals surface area contributed by atoms with Crippen LogP contribution in [0.1, 0.15) is 72.5 Å². The van der Waals surface area contributed by atoms with E-state index in [0.29, 0.717) is 54.6 Å². The summed E-state index contributed by atoms with van der Waals surface area (Å²) in [6.45, 7) is -1.48. The predicted molar refractivity (Wildman–Crippen MR) is 282 cm³/mol. The molecule has 36 nitrogen and oxygen atoms in total. The highest BCUT2D eigenvalue weighted by atomic mass is 16.7. The molecular weight excluding hydrogens is 1240 g/mol. The molecule has 0 bridgehead atoms. The van der Waals surface area contributed by atoms with Crippen molar-refractivity contribution in [2.24, 2.45) is 0 Å². The molecule has 7 aromatic rings. The number of esters is 5. The van der Waals surface area contributed by atoms with Crippen molar-refractivity contribution in [1.82, 2.24) is 0 Å². The van der Waals surface area contributed by atoms with E-state index in [4.69, 9.17) is 37.9 Å². The summed E-state index contributed by atoms with van der Waals surface area (Å²) < 4.78 is 44.6. The average Bonchev–Trinajstić information content (AvgIpc) is 2.56. The minimum atomic E-state index is -2.96. The normalized spacial score (nSPS) is 16.9. The quantitative estimate of drug-likeness (QED) is 0.0473. The zero-order valence-electron chi connectivity index (χ0n) is 44.4. The Kier molecular flexibility index (Phi) is 15.8. The molecule has 1 fully saturated rings. The van der Waals surface area contributed by atoms with Crippen LogP contribution in [0.3, 0.4) is 0 Å². The molecule has 0 spiro atoms. The second-order valence-corrected chi connectivity index (χ2v) is 19.0. The summed E-state index contributed by atoms with van der Waals surface area (Å²) in [5.41, 5.74) is -10.2. The van der Waals surface area contributed by atoms with Gasteiger partial charge in [0.15, 0.2) is 98.5 Å². The number of hydrogen-bond donors (Lipinski definition) is 21. The van der Waals surface area contributed by atoms with Gasteiger partial charge in [0.05, 0.1) is 27.8 Å². The molecule has 7 aromatic carbocycles. The van der Waals surface area contributed by atoms with Crippen molar-refractivity contribution in [3.63, 3.8) is 0 Å². The van der Waals surface area contributed by atoms with E-state index in [0.717, 1.165) is 0 Å². The van der Waals surface area contributed by atoms with E-state index in [1.54, 1.807) is 0 Å². The molecule has 36 heteroatoms. The van der Waals surface area contributed by atoms with Crippen molar-refractivity contribution < 1.29 is 179 Å². The summed E-state index contributed by atoms with van der Waals surface area (Å²) in [5, 5.41) is 222. The molecule has 91 heavy (non-hydrogen) atoms. The molecule has 0 aromatic heterocycles. The highest BCUT2D eigenvalue weighted by Crippen LogP contribution is 2.55. The Labute approximate surface area is 499 Å². The lowest BCUT2D eigenvalue weighted by atomic mass is 9.92. The van der Waals surface area contributed by atoms with Crippen molar-refractivity contribution in [3.05, 3.63) is 99.6 Å². The number of hydrogen-bond acceptors (Lipinski definition) is 34. The minimum absolute atomic E-state index is 0.218. The van der Waals surface area contributed by atoms with Gasteiger partial charge in [0, 0.05) is 23.3 Å². The first-order valence-corrected chi connectivity index (χ1v) is 24.7. The van der Waals surface area contributed by atoms with E-state index in [9.17, 15) is 141 Å². The third-order valence-corrected chi connectivity index (χ3v) is 13.3. The third kappa shape index (κ3) is 11.1. The van der Waals surface area contributed by atoms with Crippen molar-refractivity contribution in [2.75, 3.05) is 6.61 Å². The Morgan fingerprint density at radius 1 is 0.385 bits per heavy atom. The molecule has 21 N–H and O–H groups in total. The molecule has 9 rings (SSSR count). The largest absolute Gasteiger partial charge is 0.504 e. The van der Waals surface area contributed by atoms with Crippen LogP contribution < -0.4 is 9.47 Å². The molecule has 1 saturated heterocycles. The molecule has 2 heterocycles. The molecular formula is C55H38O36. The van der Waals surface area contributed by atoms with Crippen LogP contribution in [0, 0.1) is 0 Å². The molecule has 5 unspecified atom stereocenters.